The lowest BCUT2D eigenvalue weighted by Gasteiger charge is -2.24. The number of rotatable bonds is 15. The van der Waals surface area contributed by atoms with Crippen LogP contribution in [0.1, 0.15) is 60.3 Å². The number of nitrogens with one attached hydrogen (secondary N) is 1. The van der Waals surface area contributed by atoms with Gasteiger partial charge in [-0.1, -0.05) is 56.4 Å². The number of allylic oxidation sites excluding steroid dienone is 2. The summed E-state index contributed by atoms with van der Waals surface area (Å²) in [6.45, 7) is 17.3. The molecule has 1 unspecified atom stereocenters. The van der Waals surface area contributed by atoms with E-state index in [9.17, 15) is 14.2 Å². The summed E-state index contributed by atoms with van der Waals surface area (Å²) in [5, 5.41) is 2.92. The minimum Gasteiger partial charge on any atom is -0.493 e. The normalized spacial score (nSPS) is 15.4. The fourth-order valence-electron chi connectivity index (χ4n) is 4.98. The van der Waals surface area contributed by atoms with Crippen LogP contribution in [-0.2, 0) is 38.3 Å². The highest BCUT2D eigenvalue weighted by molar-refractivity contribution is 7.57. The fraction of sp³-hybridized carbons (Fsp3) is 0.500. The average molecular weight is 616 g/mol. The molecule has 3 rings (SSSR count). The highest BCUT2D eigenvalue weighted by Gasteiger charge is 2.33. The van der Waals surface area contributed by atoms with E-state index in [1.54, 1.807) is 38.1 Å². The van der Waals surface area contributed by atoms with Gasteiger partial charge in [-0.25, -0.2) is 9.88 Å². The number of benzene rings is 2. The van der Waals surface area contributed by atoms with Gasteiger partial charge in [-0.15, -0.1) is 0 Å². The van der Waals surface area contributed by atoms with Gasteiger partial charge in [0.2, 0.25) is 0 Å². The minimum atomic E-state index is -3.57. The second kappa shape index (κ2) is 14.5. The monoisotopic (exact) mass is 615 g/mol. The third kappa shape index (κ3) is 8.82. The van der Waals surface area contributed by atoms with Crippen molar-refractivity contribution < 1.29 is 32.9 Å². The molecule has 1 N–H and O–H groups in total. The highest BCUT2D eigenvalue weighted by Crippen LogP contribution is 2.46. The first-order valence-corrected chi connectivity index (χ1v) is 20.2. The minimum absolute atomic E-state index is 0.0743. The molecule has 0 saturated heterocycles. The van der Waals surface area contributed by atoms with Gasteiger partial charge in [0.1, 0.15) is 29.7 Å². The molecule has 0 radical (unpaired) electrons. The summed E-state index contributed by atoms with van der Waals surface area (Å²) >= 11 is 0. The SMILES string of the molecule is CCOC(=O)[C@H](C)NP(=O)(C/C(C)=C/Cc1c(CC)c(C)c2c(c1OCC[Si](C)(C)C)C(=O)OC2)Oc1ccccc1. The van der Waals surface area contributed by atoms with Crippen molar-refractivity contribution in [2.75, 3.05) is 19.4 Å². The lowest BCUT2D eigenvalue weighted by atomic mass is 9.89. The molecule has 0 saturated carbocycles. The van der Waals surface area contributed by atoms with Crippen molar-refractivity contribution in [2.24, 2.45) is 0 Å². The predicted octanol–water partition coefficient (Wildman–Crippen LogP) is 7.25. The first kappa shape index (κ1) is 33.6. The Morgan fingerprint density at radius 1 is 1.17 bits per heavy atom. The third-order valence-electron chi connectivity index (χ3n) is 7.22. The maximum atomic E-state index is 14.1. The molecule has 42 heavy (non-hydrogen) atoms. The van der Waals surface area contributed by atoms with E-state index >= 15 is 0 Å². The molecule has 10 heteroatoms. The molecule has 0 bridgehead atoms. The lowest BCUT2D eigenvalue weighted by Crippen LogP contribution is -2.35. The van der Waals surface area contributed by atoms with E-state index in [0.717, 1.165) is 40.3 Å². The Hall–Kier alpha value is -2.87. The van der Waals surface area contributed by atoms with E-state index in [4.69, 9.17) is 18.7 Å². The van der Waals surface area contributed by atoms with Crippen LogP contribution in [0.2, 0.25) is 25.7 Å². The number of fused-ring (bicyclic) bond motifs is 1. The summed E-state index contributed by atoms with van der Waals surface area (Å²) in [6.07, 6.45) is 3.33. The summed E-state index contributed by atoms with van der Waals surface area (Å²) in [5.41, 5.74) is 5.39. The van der Waals surface area contributed by atoms with Crippen LogP contribution < -0.4 is 14.3 Å². The number of cyclic esters (lactones) is 1. The van der Waals surface area contributed by atoms with Gasteiger partial charge in [0, 0.05) is 19.2 Å². The van der Waals surface area contributed by atoms with Gasteiger partial charge in [0.25, 0.3) is 0 Å². The standard InChI is InChI=1S/C32H46NO7PSi/c1-9-26-23(4)28-20-39-32(35)29(28)30(38-18-19-42(6,7)8)27(26)17-16-22(3)21-41(36,33-24(5)31(34)37-10-2)40-25-14-12-11-13-15-25/h11-16,24H,9-10,17-21H2,1-8H3,(H,33,36)/b22-16+/t24-,41?/m0/s1. The van der Waals surface area contributed by atoms with Crippen LogP contribution >= 0.6 is 7.52 Å². The summed E-state index contributed by atoms with van der Waals surface area (Å²) in [6, 6.07) is 9.04. The molecule has 0 fully saturated rings. The molecule has 0 aromatic heterocycles. The molecule has 230 valence electrons. The summed E-state index contributed by atoms with van der Waals surface area (Å²) in [7, 11) is -4.94. The van der Waals surface area contributed by atoms with E-state index in [1.165, 1.54) is 0 Å². The quantitative estimate of drug-likeness (QED) is 0.0968. The molecule has 1 aliphatic heterocycles. The van der Waals surface area contributed by atoms with Crippen LogP contribution in [0, 0.1) is 6.92 Å². The summed E-state index contributed by atoms with van der Waals surface area (Å²) < 4.78 is 37.1. The summed E-state index contributed by atoms with van der Waals surface area (Å²) in [5.74, 6) is 0.203. The van der Waals surface area contributed by atoms with E-state index in [-0.39, 0.29) is 25.3 Å². The lowest BCUT2D eigenvalue weighted by molar-refractivity contribution is -0.144. The van der Waals surface area contributed by atoms with Gasteiger partial charge in [-0.05, 0) is 69.8 Å². The Kier molecular flexibility index (Phi) is 11.6. The Morgan fingerprint density at radius 2 is 1.86 bits per heavy atom. The van der Waals surface area contributed by atoms with Crippen molar-refractivity contribution in [3.8, 4) is 11.5 Å². The van der Waals surface area contributed by atoms with Crippen molar-refractivity contribution in [2.45, 2.75) is 85.8 Å². The number of hydrogen-bond acceptors (Lipinski definition) is 7. The second-order valence-corrected chi connectivity index (χ2v) is 19.7. The molecule has 2 atom stereocenters. The highest BCUT2D eigenvalue weighted by atomic mass is 31.2. The number of para-hydroxylation sites is 1. The average Bonchev–Trinajstić information content (AvgIpc) is 3.30. The number of carbonyl (C=O) groups is 2. The van der Waals surface area contributed by atoms with Gasteiger partial charge < -0.3 is 18.7 Å². The van der Waals surface area contributed by atoms with E-state index in [0.29, 0.717) is 30.1 Å². The molecule has 2 aromatic carbocycles. The first-order valence-electron chi connectivity index (χ1n) is 14.7. The smallest absolute Gasteiger partial charge is 0.342 e. The number of carbonyl (C=O) groups excluding carboxylic acids is 2. The van der Waals surface area contributed by atoms with Crippen molar-refractivity contribution in [1.82, 2.24) is 5.09 Å². The molecular weight excluding hydrogens is 569 g/mol. The van der Waals surface area contributed by atoms with Crippen LogP contribution in [0.25, 0.3) is 0 Å². The van der Waals surface area contributed by atoms with E-state index in [1.807, 2.05) is 26.0 Å². The zero-order valence-corrected chi connectivity index (χ0v) is 28.2. The van der Waals surface area contributed by atoms with Crippen molar-refractivity contribution in [1.29, 1.82) is 0 Å². The van der Waals surface area contributed by atoms with Crippen LogP contribution in [0.4, 0.5) is 0 Å². The zero-order chi connectivity index (χ0) is 31.1. The van der Waals surface area contributed by atoms with E-state index in [2.05, 4.69) is 31.7 Å². The molecular formula is C32H46NO7PSi. The second-order valence-electron chi connectivity index (χ2n) is 11.9. The number of ether oxygens (including phenoxy) is 3. The molecule has 1 heterocycles. The maximum Gasteiger partial charge on any atom is 0.342 e. The van der Waals surface area contributed by atoms with Gasteiger partial charge in [-0.2, -0.15) is 0 Å². The van der Waals surface area contributed by atoms with Gasteiger partial charge >= 0.3 is 19.5 Å². The Balaban J connectivity index is 1.95. The first-order chi connectivity index (χ1) is 19.8. The van der Waals surface area contributed by atoms with Crippen molar-refractivity contribution >= 4 is 27.5 Å². The Bertz CT molecular complexity index is 1350. The largest absolute Gasteiger partial charge is 0.493 e. The summed E-state index contributed by atoms with van der Waals surface area (Å²) in [4.78, 5) is 25.2. The van der Waals surface area contributed by atoms with Crippen LogP contribution in [0.5, 0.6) is 11.5 Å². The Labute approximate surface area is 251 Å². The van der Waals surface area contributed by atoms with Crippen molar-refractivity contribution in [3.63, 3.8) is 0 Å². The van der Waals surface area contributed by atoms with Crippen LogP contribution in [0.15, 0.2) is 42.0 Å². The van der Waals surface area contributed by atoms with Gasteiger partial charge in [0.15, 0.2) is 0 Å². The fourth-order valence-corrected chi connectivity index (χ4v) is 7.85. The molecule has 2 aromatic rings. The number of esters is 2. The van der Waals surface area contributed by atoms with Crippen LogP contribution in [0.3, 0.4) is 0 Å². The molecule has 1 aliphatic rings. The van der Waals surface area contributed by atoms with Crippen LogP contribution in [-0.4, -0.2) is 45.4 Å². The van der Waals surface area contributed by atoms with Gasteiger partial charge in [-0.3, -0.25) is 9.36 Å². The number of hydrogen-bond donors (Lipinski definition) is 1. The Morgan fingerprint density at radius 3 is 2.48 bits per heavy atom. The third-order valence-corrected chi connectivity index (χ3v) is 11.1. The molecule has 0 aliphatic carbocycles. The molecule has 0 amide bonds. The van der Waals surface area contributed by atoms with Gasteiger partial charge in [0.05, 0.1) is 19.4 Å². The maximum absolute atomic E-state index is 14.1. The topological polar surface area (TPSA) is 100 Å². The zero-order valence-electron chi connectivity index (χ0n) is 26.3. The molecule has 0 spiro atoms. The van der Waals surface area contributed by atoms with Crippen molar-refractivity contribution in [3.05, 3.63) is 69.8 Å². The molecule has 8 nitrogen and oxygen atoms in total. The predicted molar refractivity (Wildman–Crippen MR) is 170 cm³/mol. The van der Waals surface area contributed by atoms with E-state index < -0.39 is 27.6 Å².